The molecule has 1 heterocycles. The van der Waals surface area contributed by atoms with Gasteiger partial charge in [0, 0.05) is 29.5 Å². The number of aromatic nitrogens is 2. The van der Waals surface area contributed by atoms with Gasteiger partial charge in [-0.1, -0.05) is 0 Å². The van der Waals surface area contributed by atoms with Crippen molar-refractivity contribution in [2.24, 2.45) is 0 Å². The van der Waals surface area contributed by atoms with Gasteiger partial charge in [-0.2, -0.15) is 4.98 Å². The van der Waals surface area contributed by atoms with Crippen LogP contribution in [0.15, 0.2) is 6.07 Å². The average Bonchev–Trinajstić information content (AvgIpc) is 3.11. The van der Waals surface area contributed by atoms with Crippen LogP contribution < -0.4 is 4.52 Å². The SMILES string of the molecule is CCOP(=S)(OCC)Oc1cc(C)nc(C2CC2)n1. The maximum absolute atomic E-state index is 5.71. The molecule has 1 aliphatic carbocycles. The van der Waals surface area contributed by atoms with Crippen LogP contribution in [0, 0.1) is 6.92 Å². The summed E-state index contributed by atoms with van der Waals surface area (Å²) in [7, 11) is 0. The van der Waals surface area contributed by atoms with E-state index in [1.807, 2.05) is 20.8 Å². The second kappa shape index (κ2) is 6.27. The fraction of sp³-hybridized carbons (Fsp3) is 0.667. The van der Waals surface area contributed by atoms with Gasteiger partial charge in [-0.3, -0.25) is 9.05 Å². The number of rotatable bonds is 7. The van der Waals surface area contributed by atoms with Crippen molar-refractivity contribution in [1.29, 1.82) is 0 Å². The van der Waals surface area contributed by atoms with E-state index in [0.29, 0.717) is 25.0 Å². The van der Waals surface area contributed by atoms with Crippen LogP contribution in [-0.2, 0) is 20.9 Å². The summed E-state index contributed by atoms with van der Waals surface area (Å²) in [5, 5.41) is 0. The lowest BCUT2D eigenvalue weighted by atomic mass is 10.3. The van der Waals surface area contributed by atoms with Crippen molar-refractivity contribution in [3.63, 3.8) is 0 Å². The number of nitrogens with zero attached hydrogens (tertiary/aromatic N) is 2. The molecule has 0 N–H and O–H groups in total. The normalized spacial score (nSPS) is 15.5. The van der Waals surface area contributed by atoms with Gasteiger partial charge in [-0.15, -0.1) is 0 Å². The number of hydrogen-bond donors (Lipinski definition) is 0. The second-order valence-corrected chi connectivity index (χ2v) is 7.29. The standard InChI is InChI=1S/C12H19N2O3PS/c1-4-15-18(19,16-5-2)17-11-8-9(3)13-12(14-11)10-6-7-10/h8,10H,4-7H2,1-3H3. The van der Waals surface area contributed by atoms with Gasteiger partial charge < -0.3 is 4.52 Å². The molecule has 0 atom stereocenters. The van der Waals surface area contributed by atoms with Gasteiger partial charge in [-0.05, 0) is 33.6 Å². The maximum Gasteiger partial charge on any atom is 0.381 e. The fourth-order valence-corrected chi connectivity index (χ4v) is 3.65. The summed E-state index contributed by atoms with van der Waals surface area (Å²) in [5.41, 5.74) is 0.876. The van der Waals surface area contributed by atoms with Gasteiger partial charge in [-0.25, -0.2) is 4.98 Å². The molecule has 7 heteroatoms. The van der Waals surface area contributed by atoms with Crippen LogP contribution in [0.2, 0.25) is 0 Å². The van der Waals surface area contributed by atoms with Gasteiger partial charge in [0.05, 0.1) is 13.2 Å². The molecule has 19 heavy (non-hydrogen) atoms. The van der Waals surface area contributed by atoms with Crippen molar-refractivity contribution in [2.45, 2.75) is 39.5 Å². The maximum atomic E-state index is 5.71. The average molecular weight is 302 g/mol. The van der Waals surface area contributed by atoms with E-state index in [1.54, 1.807) is 6.07 Å². The first kappa shape index (κ1) is 14.9. The first-order chi connectivity index (χ1) is 9.06. The molecule has 1 fully saturated rings. The van der Waals surface area contributed by atoms with Gasteiger partial charge in [0.1, 0.15) is 5.82 Å². The summed E-state index contributed by atoms with van der Waals surface area (Å²) < 4.78 is 16.6. The molecule has 0 radical (unpaired) electrons. The summed E-state index contributed by atoms with van der Waals surface area (Å²) in [4.78, 5) is 8.84. The number of hydrogen-bond acceptors (Lipinski definition) is 6. The zero-order chi connectivity index (χ0) is 13.9. The summed E-state index contributed by atoms with van der Waals surface area (Å²) in [5.74, 6) is 1.77. The van der Waals surface area contributed by atoms with E-state index in [9.17, 15) is 0 Å². The van der Waals surface area contributed by atoms with E-state index >= 15 is 0 Å². The largest absolute Gasteiger partial charge is 0.406 e. The summed E-state index contributed by atoms with van der Waals surface area (Å²) in [6.45, 7) is 3.82. The molecule has 1 aliphatic rings. The zero-order valence-electron chi connectivity index (χ0n) is 11.5. The molecule has 1 saturated carbocycles. The Morgan fingerprint density at radius 3 is 2.42 bits per heavy atom. The molecule has 0 bridgehead atoms. The molecule has 0 aromatic carbocycles. The minimum absolute atomic E-state index is 0.455. The highest BCUT2D eigenvalue weighted by Crippen LogP contribution is 2.49. The Hall–Kier alpha value is -0.550. The minimum atomic E-state index is -2.75. The van der Waals surface area contributed by atoms with E-state index in [1.165, 1.54) is 0 Å². The van der Waals surface area contributed by atoms with Crippen molar-refractivity contribution in [1.82, 2.24) is 9.97 Å². The molecule has 0 spiro atoms. The van der Waals surface area contributed by atoms with E-state index in [2.05, 4.69) is 9.97 Å². The highest BCUT2D eigenvalue weighted by atomic mass is 32.5. The predicted molar refractivity (Wildman–Crippen MR) is 76.9 cm³/mol. The molecular formula is C12H19N2O3PS. The van der Waals surface area contributed by atoms with Crippen molar-refractivity contribution in [2.75, 3.05) is 13.2 Å². The lowest BCUT2D eigenvalue weighted by Crippen LogP contribution is -2.05. The van der Waals surface area contributed by atoms with E-state index in [-0.39, 0.29) is 0 Å². The highest BCUT2D eigenvalue weighted by molar-refractivity contribution is 8.07. The lowest BCUT2D eigenvalue weighted by Gasteiger charge is -2.20. The van der Waals surface area contributed by atoms with E-state index in [4.69, 9.17) is 25.4 Å². The Morgan fingerprint density at radius 2 is 1.89 bits per heavy atom. The minimum Gasteiger partial charge on any atom is -0.406 e. The van der Waals surface area contributed by atoms with Crippen LogP contribution in [0.3, 0.4) is 0 Å². The Morgan fingerprint density at radius 1 is 1.26 bits per heavy atom. The predicted octanol–water partition coefficient (Wildman–Crippen LogP) is 3.34. The molecular weight excluding hydrogens is 283 g/mol. The van der Waals surface area contributed by atoms with Crippen molar-refractivity contribution >= 4 is 18.5 Å². The Balaban J connectivity index is 2.18. The van der Waals surface area contributed by atoms with Crippen LogP contribution in [0.4, 0.5) is 0 Å². The topological polar surface area (TPSA) is 53.5 Å². The van der Waals surface area contributed by atoms with Gasteiger partial charge in [0.2, 0.25) is 5.88 Å². The molecule has 1 aromatic rings. The van der Waals surface area contributed by atoms with Gasteiger partial charge >= 0.3 is 6.72 Å². The van der Waals surface area contributed by atoms with Crippen LogP contribution in [-0.4, -0.2) is 23.2 Å². The van der Waals surface area contributed by atoms with Crippen molar-refractivity contribution < 1.29 is 13.6 Å². The molecule has 1 aromatic heterocycles. The Labute approximate surface area is 119 Å². The van der Waals surface area contributed by atoms with Gasteiger partial charge in [0.25, 0.3) is 0 Å². The highest BCUT2D eigenvalue weighted by Gasteiger charge is 2.28. The molecule has 2 rings (SSSR count). The summed E-state index contributed by atoms with van der Waals surface area (Å²) in [6, 6.07) is 1.77. The van der Waals surface area contributed by atoms with Gasteiger partial charge in [0.15, 0.2) is 0 Å². The first-order valence-corrected chi connectivity index (χ1v) is 9.06. The number of aryl methyl sites for hydroxylation is 1. The quantitative estimate of drug-likeness (QED) is 0.720. The monoisotopic (exact) mass is 302 g/mol. The molecule has 0 unspecified atom stereocenters. The van der Waals surface area contributed by atoms with Crippen LogP contribution in [0.25, 0.3) is 0 Å². The van der Waals surface area contributed by atoms with Crippen LogP contribution in [0.1, 0.15) is 44.1 Å². The molecule has 0 saturated heterocycles. The van der Waals surface area contributed by atoms with Crippen molar-refractivity contribution in [3.8, 4) is 5.88 Å². The summed E-state index contributed by atoms with van der Waals surface area (Å²) >= 11 is 5.33. The third-order valence-electron chi connectivity index (χ3n) is 2.57. The van der Waals surface area contributed by atoms with Crippen molar-refractivity contribution in [3.05, 3.63) is 17.6 Å². The van der Waals surface area contributed by atoms with Crippen LogP contribution >= 0.6 is 6.72 Å². The molecule has 5 nitrogen and oxygen atoms in total. The summed E-state index contributed by atoms with van der Waals surface area (Å²) in [6.07, 6.45) is 2.29. The second-order valence-electron chi connectivity index (χ2n) is 4.35. The molecule has 0 amide bonds. The first-order valence-electron chi connectivity index (χ1n) is 6.50. The Kier molecular flexibility index (Phi) is 4.90. The molecule has 0 aliphatic heterocycles. The smallest absolute Gasteiger partial charge is 0.381 e. The van der Waals surface area contributed by atoms with E-state index in [0.717, 1.165) is 24.4 Å². The Bertz CT molecular complexity index is 484. The van der Waals surface area contributed by atoms with Crippen LogP contribution in [0.5, 0.6) is 5.88 Å². The third-order valence-corrected chi connectivity index (χ3v) is 4.99. The van der Waals surface area contributed by atoms with E-state index < -0.39 is 6.72 Å². The zero-order valence-corrected chi connectivity index (χ0v) is 13.2. The third kappa shape index (κ3) is 4.21. The molecule has 106 valence electrons. The lowest BCUT2D eigenvalue weighted by molar-refractivity contribution is 0.215. The fourth-order valence-electron chi connectivity index (χ4n) is 1.65.